The molecule has 0 radical (unpaired) electrons. The molecule has 5 nitrogen and oxygen atoms in total. The number of hydrogen-bond acceptors (Lipinski definition) is 4. The molecule has 1 aromatic heterocycles. The van der Waals surface area contributed by atoms with Gasteiger partial charge < -0.3 is 14.6 Å². The predicted molar refractivity (Wildman–Crippen MR) is 110 cm³/mol. The van der Waals surface area contributed by atoms with E-state index in [-0.39, 0.29) is 16.4 Å². The van der Waals surface area contributed by atoms with Gasteiger partial charge >= 0.3 is 5.97 Å². The summed E-state index contributed by atoms with van der Waals surface area (Å²) < 4.78 is 5.82. The molecule has 5 heteroatoms. The van der Waals surface area contributed by atoms with Gasteiger partial charge in [-0.15, -0.1) is 0 Å². The van der Waals surface area contributed by atoms with Crippen LogP contribution in [0.25, 0.3) is 21.9 Å². The minimum Gasteiger partial charge on any atom is -0.478 e. The number of aromatic carboxylic acids is 1. The molecule has 148 valence electrons. The first-order valence-electron chi connectivity index (χ1n) is 9.93. The molecule has 0 spiro atoms. The second-order valence-electron chi connectivity index (χ2n) is 7.28. The third-order valence-electron chi connectivity index (χ3n) is 5.16. The van der Waals surface area contributed by atoms with E-state index in [2.05, 4.69) is 6.92 Å². The summed E-state index contributed by atoms with van der Waals surface area (Å²) in [6, 6.07) is 9.35. The molecule has 0 aliphatic rings. The Labute approximate surface area is 163 Å². The highest BCUT2D eigenvalue weighted by Gasteiger charge is 2.14. The van der Waals surface area contributed by atoms with Gasteiger partial charge in [0.2, 0.25) is 5.43 Å². The molecule has 0 aliphatic heterocycles. The quantitative estimate of drug-likeness (QED) is 0.381. The normalized spacial score (nSPS) is 12.5. The molecule has 0 aliphatic carbocycles. The van der Waals surface area contributed by atoms with E-state index in [4.69, 9.17) is 9.52 Å². The van der Waals surface area contributed by atoms with Crippen LogP contribution >= 0.6 is 0 Å². The minimum atomic E-state index is -1.09. The first kappa shape index (κ1) is 20.1. The van der Waals surface area contributed by atoms with E-state index in [0.717, 1.165) is 18.4 Å². The second kappa shape index (κ2) is 9.02. The molecule has 2 aromatic carbocycles. The maximum absolute atomic E-state index is 12.7. The highest BCUT2D eigenvalue weighted by atomic mass is 16.4. The van der Waals surface area contributed by atoms with Crippen LogP contribution in [0.4, 0.5) is 0 Å². The fourth-order valence-corrected chi connectivity index (χ4v) is 3.50. The Morgan fingerprint density at radius 2 is 1.71 bits per heavy atom. The molecule has 1 heterocycles. The summed E-state index contributed by atoms with van der Waals surface area (Å²) in [5, 5.41) is 20.2. The van der Waals surface area contributed by atoms with Gasteiger partial charge in [-0.05, 0) is 42.3 Å². The van der Waals surface area contributed by atoms with Gasteiger partial charge in [-0.3, -0.25) is 4.79 Å². The number of aliphatic hydroxyl groups excluding tert-OH is 1. The number of hydrogen-bond donors (Lipinski definition) is 2. The van der Waals surface area contributed by atoms with Crippen molar-refractivity contribution < 1.29 is 19.4 Å². The smallest absolute Gasteiger partial charge is 0.335 e. The molecule has 0 bridgehead atoms. The van der Waals surface area contributed by atoms with Gasteiger partial charge in [0.15, 0.2) is 0 Å². The van der Waals surface area contributed by atoms with Crippen LogP contribution in [0.15, 0.2) is 45.6 Å². The summed E-state index contributed by atoms with van der Waals surface area (Å²) >= 11 is 0. The van der Waals surface area contributed by atoms with Crippen molar-refractivity contribution in [3.8, 4) is 0 Å². The molecule has 0 fully saturated rings. The van der Waals surface area contributed by atoms with Crippen LogP contribution in [-0.4, -0.2) is 16.2 Å². The van der Waals surface area contributed by atoms with E-state index in [1.54, 1.807) is 18.2 Å². The molecular formula is C23H26O5. The summed E-state index contributed by atoms with van der Waals surface area (Å²) in [5.41, 5.74) is 1.25. The van der Waals surface area contributed by atoms with Gasteiger partial charge in [-0.25, -0.2) is 4.79 Å². The highest BCUT2D eigenvalue weighted by molar-refractivity contribution is 5.96. The van der Waals surface area contributed by atoms with E-state index in [9.17, 15) is 14.7 Å². The fraction of sp³-hybridized carbons (Fsp3) is 0.391. The maximum Gasteiger partial charge on any atom is 0.335 e. The van der Waals surface area contributed by atoms with Gasteiger partial charge in [0, 0.05) is 0 Å². The molecule has 3 aromatic rings. The Balaban J connectivity index is 1.81. The van der Waals surface area contributed by atoms with Crippen molar-refractivity contribution >= 4 is 27.9 Å². The van der Waals surface area contributed by atoms with Crippen LogP contribution in [0.3, 0.4) is 0 Å². The van der Waals surface area contributed by atoms with Crippen LogP contribution < -0.4 is 5.43 Å². The van der Waals surface area contributed by atoms with Crippen molar-refractivity contribution in [2.45, 2.75) is 58.0 Å². The van der Waals surface area contributed by atoms with E-state index >= 15 is 0 Å². The lowest BCUT2D eigenvalue weighted by atomic mass is 10.0. The number of unbranched alkanes of at least 4 members (excludes halogenated alkanes) is 5. The lowest BCUT2D eigenvalue weighted by Gasteiger charge is -2.12. The molecule has 0 saturated carbocycles. The summed E-state index contributed by atoms with van der Waals surface area (Å²) in [6.07, 6.45) is 7.06. The van der Waals surface area contributed by atoms with Crippen molar-refractivity contribution in [2.75, 3.05) is 0 Å². The molecule has 3 rings (SSSR count). The van der Waals surface area contributed by atoms with Crippen molar-refractivity contribution in [3.63, 3.8) is 0 Å². The Kier molecular flexibility index (Phi) is 6.47. The molecule has 2 N–H and O–H groups in total. The lowest BCUT2D eigenvalue weighted by molar-refractivity contribution is 0.0697. The molecule has 28 heavy (non-hydrogen) atoms. The number of aliphatic hydroxyl groups is 1. The van der Waals surface area contributed by atoms with Gasteiger partial charge in [0.05, 0.1) is 22.4 Å². The molecule has 0 saturated heterocycles. The lowest BCUT2D eigenvalue weighted by Crippen LogP contribution is -2.05. The number of fused-ring (bicyclic) bond motifs is 2. The zero-order chi connectivity index (χ0) is 20.1. The SMILES string of the molecule is CCCCCCCCC(O)c1ccc2c(=O)c3cc(C(=O)O)ccc3oc2c1. The van der Waals surface area contributed by atoms with Gasteiger partial charge in [0.1, 0.15) is 11.2 Å². The topological polar surface area (TPSA) is 87.7 Å². The zero-order valence-electron chi connectivity index (χ0n) is 16.1. The summed E-state index contributed by atoms with van der Waals surface area (Å²) in [5.74, 6) is -1.09. The van der Waals surface area contributed by atoms with Crippen LogP contribution in [0.5, 0.6) is 0 Å². The van der Waals surface area contributed by atoms with Crippen molar-refractivity contribution in [1.29, 1.82) is 0 Å². The molecule has 0 amide bonds. The standard InChI is InChI=1S/C23H26O5/c1-2-3-4-5-6-7-8-19(24)15-9-11-17-21(14-15)28-20-12-10-16(23(26)27)13-18(20)22(17)25/h9-14,19,24H,2-8H2,1H3,(H,26,27). The Bertz CT molecular complexity index is 1030. The third-order valence-corrected chi connectivity index (χ3v) is 5.16. The van der Waals surface area contributed by atoms with Crippen LogP contribution in [0, 0.1) is 0 Å². The second-order valence-corrected chi connectivity index (χ2v) is 7.28. The number of carboxylic acids is 1. The fourth-order valence-electron chi connectivity index (χ4n) is 3.50. The Hall–Kier alpha value is -2.66. The largest absolute Gasteiger partial charge is 0.478 e. The van der Waals surface area contributed by atoms with E-state index in [1.807, 2.05) is 0 Å². The van der Waals surface area contributed by atoms with Crippen LogP contribution in [-0.2, 0) is 0 Å². The first-order chi connectivity index (χ1) is 13.5. The number of carboxylic acid groups (broad SMARTS) is 1. The first-order valence-corrected chi connectivity index (χ1v) is 9.93. The predicted octanol–water partition coefficient (Wildman–Crippen LogP) is 5.43. The Morgan fingerprint density at radius 1 is 0.964 bits per heavy atom. The number of rotatable bonds is 9. The molecular weight excluding hydrogens is 356 g/mol. The van der Waals surface area contributed by atoms with Gasteiger partial charge in [-0.2, -0.15) is 0 Å². The molecule has 1 unspecified atom stereocenters. The summed E-state index contributed by atoms with van der Waals surface area (Å²) in [7, 11) is 0. The molecule has 1 atom stereocenters. The average Bonchev–Trinajstić information content (AvgIpc) is 2.70. The Morgan fingerprint density at radius 3 is 2.46 bits per heavy atom. The summed E-state index contributed by atoms with van der Waals surface area (Å²) in [4.78, 5) is 23.9. The van der Waals surface area contributed by atoms with Gasteiger partial charge in [-0.1, -0.05) is 51.5 Å². The van der Waals surface area contributed by atoms with Crippen LogP contribution in [0.2, 0.25) is 0 Å². The van der Waals surface area contributed by atoms with Gasteiger partial charge in [0.25, 0.3) is 0 Å². The van der Waals surface area contributed by atoms with E-state index in [1.165, 1.54) is 43.9 Å². The average molecular weight is 382 g/mol. The van der Waals surface area contributed by atoms with Crippen molar-refractivity contribution in [2.24, 2.45) is 0 Å². The number of carbonyl (C=O) groups is 1. The minimum absolute atomic E-state index is 0.0464. The van der Waals surface area contributed by atoms with Crippen LogP contribution in [0.1, 0.15) is 73.9 Å². The van der Waals surface area contributed by atoms with Crippen molar-refractivity contribution in [3.05, 3.63) is 57.7 Å². The van der Waals surface area contributed by atoms with E-state index < -0.39 is 12.1 Å². The van der Waals surface area contributed by atoms with E-state index in [0.29, 0.717) is 23.0 Å². The summed E-state index contributed by atoms with van der Waals surface area (Å²) in [6.45, 7) is 2.19. The number of benzene rings is 2. The zero-order valence-corrected chi connectivity index (χ0v) is 16.1. The van der Waals surface area contributed by atoms with Crippen molar-refractivity contribution in [1.82, 2.24) is 0 Å². The monoisotopic (exact) mass is 382 g/mol. The highest BCUT2D eigenvalue weighted by Crippen LogP contribution is 2.26. The third kappa shape index (κ3) is 4.42. The maximum atomic E-state index is 12.7.